The zero-order valence-electron chi connectivity index (χ0n) is 9.28. The van der Waals surface area contributed by atoms with E-state index in [9.17, 15) is 0 Å². The lowest BCUT2D eigenvalue weighted by Gasteiger charge is -2.30. The van der Waals surface area contributed by atoms with Gasteiger partial charge in [0.15, 0.2) is 0 Å². The molecule has 1 aliphatic rings. The second-order valence-corrected chi connectivity index (χ2v) is 4.85. The van der Waals surface area contributed by atoms with Gasteiger partial charge in [0.1, 0.15) is 0 Å². The number of aromatic nitrogens is 1. The standard InChI is InChI=1S/C12H18N2S/c1-15-10-11-5-6-13-9-12(11)14-7-3-2-4-8-14/h5-6,9H,2-4,7-8,10H2,1H3. The lowest BCUT2D eigenvalue weighted by Crippen LogP contribution is -2.30. The van der Waals surface area contributed by atoms with Crippen molar-refractivity contribution in [2.75, 3.05) is 24.2 Å². The van der Waals surface area contributed by atoms with Crippen LogP contribution in [0, 0.1) is 0 Å². The number of rotatable bonds is 3. The third-order valence-electron chi connectivity index (χ3n) is 2.88. The van der Waals surface area contributed by atoms with Gasteiger partial charge in [-0.05, 0) is 37.1 Å². The third-order valence-corrected chi connectivity index (χ3v) is 3.48. The zero-order chi connectivity index (χ0) is 10.5. The number of piperidine rings is 1. The van der Waals surface area contributed by atoms with Crippen LogP contribution in [0.1, 0.15) is 24.8 Å². The summed E-state index contributed by atoms with van der Waals surface area (Å²) in [6, 6.07) is 2.15. The van der Waals surface area contributed by atoms with E-state index in [4.69, 9.17) is 0 Å². The molecule has 1 aromatic rings. The number of thioether (sulfide) groups is 1. The minimum Gasteiger partial charge on any atom is -0.370 e. The first-order chi connectivity index (χ1) is 7.42. The Balaban J connectivity index is 2.17. The van der Waals surface area contributed by atoms with Gasteiger partial charge in [0.05, 0.1) is 11.9 Å². The Morgan fingerprint density at radius 1 is 1.33 bits per heavy atom. The number of anilines is 1. The summed E-state index contributed by atoms with van der Waals surface area (Å²) in [5.74, 6) is 1.09. The van der Waals surface area contributed by atoms with E-state index in [0.29, 0.717) is 0 Å². The summed E-state index contributed by atoms with van der Waals surface area (Å²) in [7, 11) is 0. The minimum absolute atomic E-state index is 1.09. The average Bonchev–Trinajstić information content (AvgIpc) is 2.31. The molecule has 82 valence electrons. The van der Waals surface area contributed by atoms with E-state index >= 15 is 0 Å². The van der Waals surface area contributed by atoms with E-state index < -0.39 is 0 Å². The van der Waals surface area contributed by atoms with Gasteiger partial charge in [-0.25, -0.2) is 0 Å². The van der Waals surface area contributed by atoms with Crippen molar-refractivity contribution in [3.8, 4) is 0 Å². The van der Waals surface area contributed by atoms with Gasteiger partial charge < -0.3 is 4.90 Å². The summed E-state index contributed by atoms with van der Waals surface area (Å²) in [6.07, 6.45) is 10.1. The first-order valence-electron chi connectivity index (χ1n) is 5.58. The molecule has 0 bridgehead atoms. The van der Waals surface area contributed by atoms with Crippen molar-refractivity contribution >= 4 is 17.4 Å². The van der Waals surface area contributed by atoms with Crippen LogP contribution in [-0.2, 0) is 5.75 Å². The quantitative estimate of drug-likeness (QED) is 0.782. The van der Waals surface area contributed by atoms with Crippen molar-refractivity contribution in [1.29, 1.82) is 0 Å². The molecule has 0 aromatic carbocycles. The van der Waals surface area contributed by atoms with Crippen molar-refractivity contribution in [2.24, 2.45) is 0 Å². The molecule has 2 rings (SSSR count). The molecule has 1 saturated heterocycles. The zero-order valence-corrected chi connectivity index (χ0v) is 10.1. The highest BCUT2D eigenvalue weighted by Crippen LogP contribution is 2.25. The van der Waals surface area contributed by atoms with Crippen molar-refractivity contribution in [2.45, 2.75) is 25.0 Å². The SMILES string of the molecule is CSCc1ccncc1N1CCCCC1. The lowest BCUT2D eigenvalue weighted by molar-refractivity contribution is 0.576. The fourth-order valence-electron chi connectivity index (χ4n) is 2.11. The molecule has 3 heteroatoms. The van der Waals surface area contributed by atoms with Crippen LogP contribution in [0.4, 0.5) is 5.69 Å². The van der Waals surface area contributed by atoms with Crippen LogP contribution in [0.5, 0.6) is 0 Å². The molecule has 15 heavy (non-hydrogen) atoms. The molecule has 0 radical (unpaired) electrons. The normalized spacial score (nSPS) is 16.7. The van der Waals surface area contributed by atoms with E-state index in [1.165, 1.54) is 43.6 Å². The molecule has 0 aliphatic carbocycles. The van der Waals surface area contributed by atoms with Crippen LogP contribution >= 0.6 is 11.8 Å². The second kappa shape index (κ2) is 5.40. The van der Waals surface area contributed by atoms with Gasteiger partial charge in [-0.2, -0.15) is 11.8 Å². The summed E-state index contributed by atoms with van der Waals surface area (Å²) < 4.78 is 0. The molecule has 1 fully saturated rings. The fraction of sp³-hybridized carbons (Fsp3) is 0.583. The summed E-state index contributed by atoms with van der Waals surface area (Å²) in [5, 5.41) is 0. The van der Waals surface area contributed by atoms with E-state index in [2.05, 4.69) is 22.2 Å². The Kier molecular flexibility index (Phi) is 3.89. The summed E-state index contributed by atoms with van der Waals surface area (Å²) >= 11 is 1.88. The minimum atomic E-state index is 1.09. The molecular weight excluding hydrogens is 204 g/mol. The number of hydrogen-bond donors (Lipinski definition) is 0. The van der Waals surface area contributed by atoms with Crippen molar-refractivity contribution in [1.82, 2.24) is 4.98 Å². The lowest BCUT2D eigenvalue weighted by atomic mass is 10.1. The highest BCUT2D eigenvalue weighted by Gasteiger charge is 2.13. The first kappa shape index (κ1) is 10.8. The molecule has 2 nitrogen and oxygen atoms in total. The van der Waals surface area contributed by atoms with Gasteiger partial charge >= 0.3 is 0 Å². The Bertz CT molecular complexity index is 308. The highest BCUT2D eigenvalue weighted by molar-refractivity contribution is 7.97. The Labute approximate surface area is 96.1 Å². The van der Waals surface area contributed by atoms with Gasteiger partial charge in [-0.1, -0.05) is 0 Å². The largest absolute Gasteiger partial charge is 0.370 e. The molecule has 0 saturated carbocycles. The number of hydrogen-bond acceptors (Lipinski definition) is 3. The average molecular weight is 222 g/mol. The molecule has 0 amide bonds. The maximum atomic E-state index is 4.25. The van der Waals surface area contributed by atoms with Crippen LogP contribution in [0.15, 0.2) is 18.5 Å². The van der Waals surface area contributed by atoms with E-state index in [0.717, 1.165) is 5.75 Å². The smallest absolute Gasteiger partial charge is 0.0593 e. The Morgan fingerprint density at radius 3 is 2.87 bits per heavy atom. The molecule has 0 spiro atoms. The van der Waals surface area contributed by atoms with E-state index in [-0.39, 0.29) is 0 Å². The maximum absolute atomic E-state index is 4.25. The Hall–Kier alpha value is -0.700. The van der Waals surface area contributed by atoms with Gasteiger partial charge in [0.2, 0.25) is 0 Å². The Morgan fingerprint density at radius 2 is 2.13 bits per heavy atom. The van der Waals surface area contributed by atoms with Crippen molar-refractivity contribution in [3.05, 3.63) is 24.0 Å². The maximum Gasteiger partial charge on any atom is 0.0593 e. The summed E-state index contributed by atoms with van der Waals surface area (Å²) in [6.45, 7) is 2.40. The van der Waals surface area contributed by atoms with E-state index in [1.54, 1.807) is 0 Å². The second-order valence-electron chi connectivity index (χ2n) is 3.99. The summed E-state index contributed by atoms with van der Waals surface area (Å²) in [4.78, 5) is 6.74. The van der Waals surface area contributed by atoms with Gasteiger partial charge in [0.25, 0.3) is 0 Å². The van der Waals surface area contributed by atoms with Crippen molar-refractivity contribution in [3.63, 3.8) is 0 Å². The number of nitrogens with zero attached hydrogens (tertiary/aromatic N) is 2. The van der Waals surface area contributed by atoms with Crippen LogP contribution < -0.4 is 4.90 Å². The van der Waals surface area contributed by atoms with E-state index in [1.807, 2.05) is 24.2 Å². The number of pyridine rings is 1. The van der Waals surface area contributed by atoms with Crippen LogP contribution in [0.3, 0.4) is 0 Å². The molecular formula is C12H18N2S. The monoisotopic (exact) mass is 222 g/mol. The molecule has 0 atom stereocenters. The van der Waals surface area contributed by atoms with Gasteiger partial charge in [0, 0.05) is 25.0 Å². The first-order valence-corrected chi connectivity index (χ1v) is 6.98. The predicted molar refractivity (Wildman–Crippen MR) is 67.5 cm³/mol. The predicted octanol–water partition coefficient (Wildman–Crippen LogP) is 2.93. The molecule has 1 aliphatic heterocycles. The van der Waals surface area contributed by atoms with Crippen molar-refractivity contribution < 1.29 is 0 Å². The highest BCUT2D eigenvalue weighted by atomic mass is 32.2. The third kappa shape index (κ3) is 2.65. The molecule has 0 unspecified atom stereocenters. The van der Waals surface area contributed by atoms with Crippen LogP contribution in [0.2, 0.25) is 0 Å². The fourth-order valence-corrected chi connectivity index (χ4v) is 2.67. The van der Waals surface area contributed by atoms with Gasteiger partial charge in [-0.3, -0.25) is 4.98 Å². The van der Waals surface area contributed by atoms with Crippen LogP contribution in [0.25, 0.3) is 0 Å². The molecule has 2 heterocycles. The molecule has 0 N–H and O–H groups in total. The van der Waals surface area contributed by atoms with Crippen LogP contribution in [-0.4, -0.2) is 24.3 Å². The summed E-state index contributed by atoms with van der Waals surface area (Å²) in [5.41, 5.74) is 2.78. The molecule has 1 aromatic heterocycles. The topological polar surface area (TPSA) is 16.1 Å². The van der Waals surface area contributed by atoms with Gasteiger partial charge in [-0.15, -0.1) is 0 Å².